The molecule has 10 heavy (non-hydrogen) atoms. The van der Waals surface area contributed by atoms with Gasteiger partial charge < -0.3 is 10.2 Å². The van der Waals surface area contributed by atoms with Crippen molar-refractivity contribution in [1.82, 2.24) is 0 Å². The number of rotatable bonds is 4. The topological polar surface area (TPSA) is 40.5 Å². The average molecular weight is 341 g/mol. The van der Waals surface area contributed by atoms with Crippen LogP contribution in [-0.2, 0) is 0 Å². The minimum Gasteiger partial charge on any atom is -0.396 e. The molecule has 0 aliphatic rings. The second-order valence-corrected chi connectivity index (χ2v) is 4.11. The summed E-state index contributed by atoms with van der Waals surface area (Å²) in [6.07, 6.45) is 0. The van der Waals surface area contributed by atoms with Crippen LogP contribution < -0.4 is 0 Å². The molecule has 1 unspecified atom stereocenters. The van der Waals surface area contributed by atoms with E-state index in [0.717, 1.165) is 0 Å². The van der Waals surface area contributed by atoms with Gasteiger partial charge in [0, 0.05) is 16.1 Å². The molecule has 2 nitrogen and oxygen atoms in total. The molecule has 0 heterocycles. The van der Waals surface area contributed by atoms with E-state index in [1.54, 1.807) is 0 Å². The third-order valence-electron chi connectivity index (χ3n) is 1.35. The summed E-state index contributed by atoms with van der Waals surface area (Å²) in [6.45, 7) is -0.0596. The lowest BCUT2D eigenvalue weighted by Crippen LogP contribution is -2.38. The zero-order valence-corrected chi connectivity index (χ0v) is 9.98. The van der Waals surface area contributed by atoms with Crippen molar-refractivity contribution in [3.05, 3.63) is 0 Å². The van der Waals surface area contributed by atoms with Gasteiger partial charge in [-0.3, -0.25) is 0 Å². The number of hydrogen-bond acceptors (Lipinski definition) is 2. The molecule has 0 saturated carbocycles. The highest BCUT2D eigenvalue weighted by Crippen LogP contribution is 2.30. The Bertz CT molecular complexity index is 84.6. The third-order valence-corrected chi connectivity index (χ3v) is 4.56. The van der Waals surface area contributed by atoms with E-state index < -0.39 is 10.4 Å². The van der Waals surface area contributed by atoms with Crippen LogP contribution in [0.1, 0.15) is 0 Å². The Morgan fingerprint density at radius 3 is 1.70 bits per heavy atom. The second kappa shape index (κ2) is 5.09. The molecule has 0 amide bonds. The largest absolute Gasteiger partial charge is 0.396 e. The molecule has 0 rings (SSSR count). The van der Waals surface area contributed by atoms with E-state index in [0.29, 0.717) is 10.7 Å². The fraction of sp³-hybridized carbons (Fsp3) is 1.00. The summed E-state index contributed by atoms with van der Waals surface area (Å²) < 4.78 is 0. The molecule has 5 heteroatoms. The first-order chi connectivity index (χ1) is 4.63. The summed E-state index contributed by atoms with van der Waals surface area (Å²) in [5, 5.41) is 18.5. The van der Waals surface area contributed by atoms with Gasteiger partial charge in [-0.05, 0) is 0 Å². The highest BCUT2D eigenvalue weighted by molar-refractivity contribution is 9.10. The minimum absolute atomic E-state index is 0.0596. The molecule has 62 valence electrons. The molecule has 0 fully saturated rings. The van der Waals surface area contributed by atoms with E-state index in [2.05, 4.69) is 47.8 Å². The van der Waals surface area contributed by atoms with E-state index in [9.17, 15) is 0 Å². The van der Waals surface area contributed by atoms with E-state index >= 15 is 0 Å². The Kier molecular flexibility index (Phi) is 5.78. The van der Waals surface area contributed by atoms with Crippen molar-refractivity contribution in [3.63, 3.8) is 0 Å². The maximum atomic E-state index is 9.16. The lowest BCUT2D eigenvalue weighted by Gasteiger charge is -2.28. The van der Waals surface area contributed by atoms with Crippen molar-refractivity contribution in [2.75, 3.05) is 17.3 Å². The van der Waals surface area contributed by atoms with Gasteiger partial charge in [0.15, 0.2) is 0 Å². The molecule has 0 aliphatic carbocycles. The molecule has 0 aliphatic heterocycles. The van der Waals surface area contributed by atoms with Crippen LogP contribution in [0, 0.1) is 5.41 Å². The van der Waals surface area contributed by atoms with Crippen LogP contribution in [0.4, 0.5) is 0 Å². The molecule has 0 spiro atoms. The number of aliphatic hydroxyl groups excluding tert-OH is 2. The highest BCUT2D eigenvalue weighted by Gasteiger charge is 2.33. The predicted molar refractivity (Wildman–Crippen MR) is 52.0 cm³/mol. The lowest BCUT2D eigenvalue weighted by molar-refractivity contribution is 0.0770. The molecule has 0 aromatic carbocycles. The quantitative estimate of drug-likeness (QED) is 0.761. The van der Waals surface area contributed by atoms with Gasteiger partial charge in [-0.2, -0.15) is 0 Å². The first-order valence-corrected chi connectivity index (χ1v) is 5.84. The maximum Gasteiger partial charge on any atom is 0.118 e. The summed E-state index contributed by atoms with van der Waals surface area (Å²) in [6, 6.07) is 0. The van der Waals surface area contributed by atoms with Gasteiger partial charge in [-0.15, -0.1) is 0 Å². The summed E-state index contributed by atoms with van der Waals surface area (Å²) in [5.41, 5.74) is -0.514. The van der Waals surface area contributed by atoms with Crippen molar-refractivity contribution in [3.8, 4) is 0 Å². The SMILES string of the molecule is OCC(CBr)(CBr)C(O)Br. The number of halogens is 3. The fourth-order valence-electron chi connectivity index (χ4n) is 0.323. The highest BCUT2D eigenvalue weighted by atomic mass is 79.9. The van der Waals surface area contributed by atoms with Crippen LogP contribution in [-0.4, -0.2) is 32.5 Å². The Labute approximate surface area is 85.4 Å². The summed E-state index contributed by atoms with van der Waals surface area (Å²) in [4.78, 5) is 0. The maximum absolute atomic E-state index is 9.16. The average Bonchev–Trinajstić information content (AvgIpc) is 1.92. The van der Waals surface area contributed by atoms with Gasteiger partial charge >= 0.3 is 0 Å². The van der Waals surface area contributed by atoms with Crippen LogP contribution in [0.25, 0.3) is 0 Å². The van der Waals surface area contributed by atoms with Crippen molar-refractivity contribution < 1.29 is 10.2 Å². The van der Waals surface area contributed by atoms with Crippen LogP contribution >= 0.6 is 47.8 Å². The van der Waals surface area contributed by atoms with Crippen molar-refractivity contribution in [2.24, 2.45) is 5.41 Å². The Morgan fingerprint density at radius 1 is 1.30 bits per heavy atom. The van der Waals surface area contributed by atoms with Crippen LogP contribution in [0.15, 0.2) is 0 Å². The Balaban J connectivity index is 4.15. The molecule has 1 atom stereocenters. The van der Waals surface area contributed by atoms with Crippen LogP contribution in [0.2, 0.25) is 0 Å². The van der Waals surface area contributed by atoms with Gasteiger partial charge in [0.05, 0.1) is 6.61 Å². The molecule has 0 aromatic heterocycles. The Morgan fingerprint density at radius 2 is 1.70 bits per heavy atom. The molecule has 0 saturated heterocycles. The van der Waals surface area contributed by atoms with Gasteiger partial charge in [0.2, 0.25) is 0 Å². The monoisotopic (exact) mass is 338 g/mol. The number of alkyl halides is 3. The standard InChI is InChI=1S/C5H9Br3O2/c6-1-5(2-7,3-9)4(8)10/h4,9-10H,1-3H2. The van der Waals surface area contributed by atoms with Gasteiger partial charge in [-0.1, -0.05) is 47.8 Å². The first kappa shape index (κ1) is 11.4. The van der Waals surface area contributed by atoms with Crippen molar-refractivity contribution in [2.45, 2.75) is 5.01 Å². The zero-order valence-electron chi connectivity index (χ0n) is 5.23. The lowest BCUT2D eigenvalue weighted by atomic mass is 9.96. The first-order valence-electron chi connectivity index (χ1n) is 2.68. The zero-order chi connectivity index (χ0) is 8.20. The smallest absolute Gasteiger partial charge is 0.118 e. The van der Waals surface area contributed by atoms with Gasteiger partial charge in [0.25, 0.3) is 0 Å². The molecular formula is C5H9Br3O2. The minimum atomic E-state index is -0.691. The van der Waals surface area contributed by atoms with E-state index in [4.69, 9.17) is 10.2 Å². The van der Waals surface area contributed by atoms with Gasteiger partial charge in [0.1, 0.15) is 5.01 Å². The van der Waals surface area contributed by atoms with Crippen molar-refractivity contribution >= 4 is 47.8 Å². The summed E-state index contributed by atoms with van der Waals surface area (Å²) >= 11 is 9.44. The molecule has 0 radical (unpaired) electrons. The molecular weight excluding hydrogens is 332 g/mol. The van der Waals surface area contributed by atoms with Crippen LogP contribution in [0.5, 0.6) is 0 Å². The molecule has 2 N–H and O–H groups in total. The van der Waals surface area contributed by atoms with Crippen molar-refractivity contribution in [1.29, 1.82) is 0 Å². The second-order valence-electron chi connectivity index (χ2n) is 2.12. The summed E-state index contributed by atoms with van der Waals surface area (Å²) in [7, 11) is 0. The number of hydrogen-bond donors (Lipinski definition) is 2. The van der Waals surface area contributed by atoms with E-state index in [-0.39, 0.29) is 6.61 Å². The summed E-state index contributed by atoms with van der Waals surface area (Å²) in [5.74, 6) is 0. The molecule has 0 aromatic rings. The molecule has 0 bridgehead atoms. The van der Waals surface area contributed by atoms with E-state index in [1.807, 2.05) is 0 Å². The Hall–Kier alpha value is 1.36. The van der Waals surface area contributed by atoms with Gasteiger partial charge in [-0.25, -0.2) is 0 Å². The predicted octanol–water partition coefficient (Wildman–Crippen LogP) is 1.47. The number of aliphatic hydroxyl groups is 2. The fourth-order valence-corrected chi connectivity index (χ4v) is 3.56. The third kappa shape index (κ3) is 2.44. The van der Waals surface area contributed by atoms with Crippen LogP contribution in [0.3, 0.4) is 0 Å². The normalized spacial score (nSPS) is 15.3. The van der Waals surface area contributed by atoms with E-state index in [1.165, 1.54) is 0 Å².